The molecule has 10 heavy (non-hydrogen) atoms. The molecular weight excluding hydrogens is 249 g/mol. The number of hydrogen-bond donors (Lipinski definition) is 0. The van der Waals surface area contributed by atoms with Gasteiger partial charge in [0.25, 0.3) is 0 Å². The molecule has 0 aliphatic rings. The van der Waals surface area contributed by atoms with Crippen molar-refractivity contribution in [2.45, 2.75) is 13.0 Å². The van der Waals surface area contributed by atoms with E-state index < -0.39 is 0 Å². The molecule has 0 aromatic heterocycles. The van der Waals surface area contributed by atoms with E-state index in [1.807, 2.05) is 0 Å². The van der Waals surface area contributed by atoms with Crippen molar-refractivity contribution in [2.24, 2.45) is 0 Å². The Kier molecular flexibility index (Phi) is 12.6. The Labute approximate surface area is 82.8 Å². The first-order chi connectivity index (χ1) is 4.91. The van der Waals surface area contributed by atoms with Gasteiger partial charge in [-0.2, -0.15) is 0 Å². The normalized spacial score (nSPS) is 10.2. The van der Waals surface area contributed by atoms with Crippen LogP contribution in [0, 0.1) is 0 Å². The molecule has 0 saturated carbocycles. The van der Waals surface area contributed by atoms with Crippen LogP contribution in [0.1, 0.15) is 6.92 Å². The molecule has 0 saturated heterocycles. The second-order valence-corrected chi connectivity index (χ2v) is 22.9. The van der Waals surface area contributed by atoms with Gasteiger partial charge in [-0.25, -0.2) is 0 Å². The number of hydrogen-bond acceptors (Lipinski definition) is 0. The Morgan fingerprint density at radius 2 is 1.60 bits per heavy atom. The third-order valence-corrected chi connectivity index (χ3v) is 29.3. The molecule has 0 aromatic rings. The highest BCUT2D eigenvalue weighted by molar-refractivity contribution is 7.64. The zero-order valence-electron chi connectivity index (χ0n) is 5.71. The minimum Gasteiger partial charge on any atom is -0.0684 e. The average Bonchev–Trinajstić information content (AvgIpc) is 1.97. The molecule has 17 radical (unpaired) electrons. The lowest BCUT2D eigenvalue weighted by Gasteiger charge is -1.92. The number of rotatable bonds is 7. The van der Waals surface area contributed by atoms with Crippen LogP contribution in [0.3, 0.4) is 0 Å². The molecule has 0 aliphatic heterocycles. The summed E-state index contributed by atoms with van der Waals surface area (Å²) in [5.74, 6) is 0. The Morgan fingerprint density at radius 1 is 1.00 bits per heavy atom. The Morgan fingerprint density at radius 3 is 2.20 bits per heavy atom. The molecule has 0 amide bonds. The van der Waals surface area contributed by atoms with Crippen molar-refractivity contribution in [3.05, 3.63) is 0 Å². The maximum Gasteiger partial charge on any atom is 0.0177 e. The summed E-state index contributed by atoms with van der Waals surface area (Å²) in [5, 5.41) is 0. The molecule has 0 aromatic carbocycles. The molecular formula is C2H5Si8. The summed E-state index contributed by atoms with van der Waals surface area (Å²) in [4.78, 5) is 0. The molecule has 0 N–H and O–H groups in total. The molecule has 0 spiro atoms. The molecule has 45 valence electrons. The second kappa shape index (κ2) is 10.7. The van der Waals surface area contributed by atoms with E-state index in [0.717, 1.165) is 8.55 Å². The summed E-state index contributed by atoms with van der Waals surface area (Å²) in [7, 11) is 12.3. The predicted molar refractivity (Wildman–Crippen MR) is 56.5 cm³/mol. The quantitative estimate of drug-likeness (QED) is 0.361. The van der Waals surface area contributed by atoms with E-state index in [-0.39, 0.29) is 0 Å². The van der Waals surface area contributed by atoms with E-state index in [0.29, 0.717) is 0 Å². The van der Waals surface area contributed by atoms with Gasteiger partial charge in [-0.15, -0.1) is 0 Å². The minimum absolute atomic E-state index is 1.03. The first-order valence-corrected chi connectivity index (χ1v) is 17.5. The molecule has 0 bridgehead atoms. The van der Waals surface area contributed by atoms with Crippen molar-refractivity contribution in [2.75, 3.05) is 0 Å². The maximum absolute atomic E-state index is 3.53. The molecule has 0 atom stereocenters. The van der Waals surface area contributed by atoms with E-state index in [1.165, 1.54) is 57.9 Å². The van der Waals surface area contributed by atoms with Gasteiger partial charge in [0, 0.05) is 70.1 Å². The third kappa shape index (κ3) is 9.74. The van der Waals surface area contributed by atoms with Gasteiger partial charge in [0.1, 0.15) is 0 Å². The van der Waals surface area contributed by atoms with Crippen LogP contribution in [-0.2, 0) is 0 Å². The fourth-order valence-electron chi connectivity index (χ4n) is 0.258. The van der Waals surface area contributed by atoms with Crippen molar-refractivity contribution in [1.29, 1.82) is 0 Å². The smallest absolute Gasteiger partial charge is 0.0177 e. The molecule has 0 heterocycles. The molecule has 0 aliphatic carbocycles. The SMILES string of the molecule is CC[Si][Si][Si][Si][Si][Si][Si][Si]. The summed E-state index contributed by atoms with van der Waals surface area (Å²) in [6.07, 6.45) is 0. The lowest BCUT2D eigenvalue weighted by Crippen LogP contribution is -2.28. The van der Waals surface area contributed by atoms with Crippen LogP contribution in [0.5, 0.6) is 0 Å². The maximum atomic E-state index is 3.53. The summed E-state index contributed by atoms with van der Waals surface area (Å²) in [6, 6.07) is 1.42. The van der Waals surface area contributed by atoms with Gasteiger partial charge in [0.2, 0.25) is 0 Å². The summed E-state index contributed by atoms with van der Waals surface area (Å²) < 4.78 is 0. The van der Waals surface area contributed by atoms with Gasteiger partial charge in [-0.1, -0.05) is 13.0 Å². The lowest BCUT2D eigenvalue weighted by molar-refractivity contribution is 1.47. The second-order valence-electron chi connectivity index (χ2n) is 1.28. The van der Waals surface area contributed by atoms with E-state index in [4.69, 9.17) is 0 Å². The monoisotopic (exact) mass is 253 g/mol. The van der Waals surface area contributed by atoms with Gasteiger partial charge in [-0.3, -0.25) is 0 Å². The van der Waals surface area contributed by atoms with Crippen LogP contribution in [0.2, 0.25) is 6.04 Å². The topological polar surface area (TPSA) is 0 Å². The molecule has 0 unspecified atom stereocenters. The van der Waals surface area contributed by atoms with Crippen LogP contribution >= 0.6 is 0 Å². The van der Waals surface area contributed by atoms with Crippen molar-refractivity contribution in [1.82, 2.24) is 0 Å². The van der Waals surface area contributed by atoms with Gasteiger partial charge in [0.15, 0.2) is 0 Å². The zero-order valence-corrected chi connectivity index (χ0v) is 13.7. The fourth-order valence-corrected chi connectivity index (χ4v) is 36.3. The molecule has 8 heteroatoms. The van der Waals surface area contributed by atoms with Crippen molar-refractivity contribution >= 4 is 70.1 Å². The van der Waals surface area contributed by atoms with Crippen molar-refractivity contribution in [3.8, 4) is 0 Å². The Hall–Kier alpha value is 1.74. The van der Waals surface area contributed by atoms with E-state index >= 15 is 0 Å². The molecule has 0 nitrogen and oxygen atoms in total. The summed E-state index contributed by atoms with van der Waals surface area (Å²) in [5.41, 5.74) is 0. The molecule has 0 rings (SSSR count). The van der Waals surface area contributed by atoms with Gasteiger partial charge in [-0.05, 0) is 0 Å². The van der Waals surface area contributed by atoms with Crippen LogP contribution in [0.25, 0.3) is 0 Å². The minimum atomic E-state index is 1.03. The predicted octanol–water partition coefficient (Wildman–Crippen LogP) is -2.07. The Balaban J connectivity index is 2.65. The summed E-state index contributed by atoms with van der Waals surface area (Å²) >= 11 is 0. The van der Waals surface area contributed by atoms with E-state index in [9.17, 15) is 0 Å². The highest BCUT2D eigenvalue weighted by Gasteiger charge is 1.92. The van der Waals surface area contributed by atoms with Crippen LogP contribution in [-0.4, -0.2) is 70.1 Å². The van der Waals surface area contributed by atoms with Crippen LogP contribution < -0.4 is 0 Å². The highest BCUT2D eigenvalue weighted by Crippen LogP contribution is 1.67. The van der Waals surface area contributed by atoms with Gasteiger partial charge < -0.3 is 0 Å². The van der Waals surface area contributed by atoms with E-state index in [2.05, 4.69) is 16.7 Å². The lowest BCUT2D eigenvalue weighted by atomic mass is 11.0. The van der Waals surface area contributed by atoms with Gasteiger partial charge in [0.05, 0.1) is 0 Å². The van der Waals surface area contributed by atoms with Gasteiger partial charge >= 0.3 is 0 Å². The third-order valence-electron chi connectivity index (χ3n) is 0.578. The fraction of sp³-hybridized carbons (Fsp3) is 1.00. The highest BCUT2D eigenvalue weighted by atomic mass is 30.0. The van der Waals surface area contributed by atoms with Crippen LogP contribution in [0.4, 0.5) is 0 Å². The largest absolute Gasteiger partial charge is 0.0684 e. The first kappa shape index (κ1) is 11.7. The van der Waals surface area contributed by atoms with Crippen molar-refractivity contribution < 1.29 is 0 Å². The average molecular weight is 254 g/mol. The first-order valence-electron chi connectivity index (χ1n) is 2.81. The van der Waals surface area contributed by atoms with Crippen molar-refractivity contribution in [3.63, 3.8) is 0 Å². The van der Waals surface area contributed by atoms with Crippen LogP contribution in [0.15, 0.2) is 0 Å². The standard InChI is InChI=1S/C2H5Si8/c1-2-4-6-8-10-9-7-5-3/h2H2,1H3. The van der Waals surface area contributed by atoms with E-state index in [1.54, 1.807) is 0 Å². The Bertz CT molecular complexity index is 47.2. The summed E-state index contributed by atoms with van der Waals surface area (Å²) in [6.45, 7) is 2.29. The molecule has 0 fully saturated rings. The zero-order chi connectivity index (χ0) is 7.66.